The molecule has 4 heteroatoms. The van der Waals surface area contributed by atoms with Crippen molar-refractivity contribution in [3.05, 3.63) is 27.6 Å². The molecule has 0 amide bonds. The molecule has 2 nitrogen and oxygen atoms in total. The summed E-state index contributed by atoms with van der Waals surface area (Å²) >= 11 is 8.76. The number of nitrogens with zero attached hydrogens (tertiary/aromatic N) is 2. The summed E-state index contributed by atoms with van der Waals surface area (Å²) in [5, 5.41) is -0.0426. The molecule has 1 fully saturated rings. The lowest BCUT2D eigenvalue weighted by atomic mass is 9.84. The Kier molecular flexibility index (Phi) is 4.79. The highest BCUT2D eigenvalue weighted by Gasteiger charge is 2.26. The lowest BCUT2D eigenvalue weighted by molar-refractivity contribution is 0.269. The van der Waals surface area contributed by atoms with E-state index in [9.17, 15) is 0 Å². The van der Waals surface area contributed by atoms with Crippen molar-refractivity contribution in [3.8, 4) is 0 Å². The van der Waals surface area contributed by atoms with Gasteiger partial charge in [-0.2, -0.15) is 0 Å². The van der Waals surface area contributed by atoms with E-state index < -0.39 is 0 Å². The number of benzene rings is 1. The fourth-order valence-corrected chi connectivity index (χ4v) is 4.19. The number of rotatable bonds is 3. The number of hydrogen-bond donors (Lipinski definition) is 0. The third-order valence-corrected chi connectivity index (χ3v) is 5.66. The molecular formula is C17H22ClIN2. The number of halogens is 2. The summed E-state index contributed by atoms with van der Waals surface area (Å²) in [5.41, 5.74) is 2.33. The Labute approximate surface area is 145 Å². The molecular weight excluding hydrogens is 395 g/mol. The van der Waals surface area contributed by atoms with Crippen LogP contribution in [0.1, 0.15) is 63.2 Å². The number of hydrogen-bond acceptors (Lipinski definition) is 1. The van der Waals surface area contributed by atoms with Gasteiger partial charge in [-0.15, -0.1) is 11.6 Å². The van der Waals surface area contributed by atoms with E-state index in [1.807, 2.05) is 6.92 Å². The molecule has 1 aliphatic rings. The molecule has 0 saturated heterocycles. The lowest BCUT2D eigenvalue weighted by Gasteiger charge is -2.30. The van der Waals surface area contributed by atoms with E-state index in [0.29, 0.717) is 6.04 Å². The second kappa shape index (κ2) is 6.45. The maximum absolute atomic E-state index is 6.41. The molecule has 0 spiro atoms. The topological polar surface area (TPSA) is 17.8 Å². The van der Waals surface area contributed by atoms with Crippen molar-refractivity contribution in [2.45, 2.75) is 57.4 Å². The molecule has 1 atom stereocenters. The summed E-state index contributed by atoms with van der Waals surface area (Å²) in [6, 6.07) is 7.10. The van der Waals surface area contributed by atoms with Gasteiger partial charge in [0.2, 0.25) is 0 Å². The van der Waals surface area contributed by atoms with Crippen molar-refractivity contribution in [3.63, 3.8) is 0 Å². The molecule has 1 aromatic heterocycles. The average Bonchev–Trinajstić information content (AvgIpc) is 2.86. The highest BCUT2D eigenvalue weighted by Crippen LogP contribution is 2.38. The molecule has 114 valence electrons. The zero-order valence-electron chi connectivity index (χ0n) is 12.6. The largest absolute Gasteiger partial charge is 0.324 e. The molecule has 0 bridgehead atoms. The van der Waals surface area contributed by atoms with E-state index >= 15 is 0 Å². The Morgan fingerprint density at radius 1 is 1.33 bits per heavy atom. The van der Waals surface area contributed by atoms with Gasteiger partial charge in [0.1, 0.15) is 5.82 Å². The SMILES string of the molecule is CCC1CCC(n2c(C(C)Cl)nc3cc(I)ccc32)CC1. The Morgan fingerprint density at radius 2 is 2.05 bits per heavy atom. The van der Waals surface area contributed by atoms with Gasteiger partial charge in [0.15, 0.2) is 0 Å². The number of imidazole rings is 1. The van der Waals surface area contributed by atoms with Crippen LogP contribution in [0.5, 0.6) is 0 Å². The highest BCUT2D eigenvalue weighted by atomic mass is 127. The Balaban J connectivity index is 2.02. The van der Waals surface area contributed by atoms with E-state index in [1.54, 1.807) is 0 Å². The van der Waals surface area contributed by atoms with E-state index in [0.717, 1.165) is 17.3 Å². The van der Waals surface area contributed by atoms with Crippen molar-refractivity contribution in [2.24, 2.45) is 5.92 Å². The Morgan fingerprint density at radius 3 is 2.67 bits per heavy atom. The monoisotopic (exact) mass is 416 g/mol. The first-order chi connectivity index (χ1) is 10.1. The minimum absolute atomic E-state index is 0.0426. The third-order valence-electron chi connectivity index (χ3n) is 4.79. The summed E-state index contributed by atoms with van der Waals surface area (Å²) in [6.07, 6.45) is 6.50. The third kappa shape index (κ3) is 3.09. The summed E-state index contributed by atoms with van der Waals surface area (Å²) in [5.74, 6) is 1.95. The molecule has 1 aliphatic carbocycles. The molecule has 0 aliphatic heterocycles. The van der Waals surface area contributed by atoms with Gasteiger partial charge < -0.3 is 4.57 Å². The molecule has 21 heavy (non-hydrogen) atoms. The van der Waals surface area contributed by atoms with Crippen LogP contribution in [0.25, 0.3) is 11.0 Å². The summed E-state index contributed by atoms with van der Waals surface area (Å²) < 4.78 is 3.66. The van der Waals surface area contributed by atoms with Crippen LogP contribution in [0, 0.1) is 9.49 Å². The van der Waals surface area contributed by atoms with E-state index in [1.165, 1.54) is 41.2 Å². The molecule has 0 radical (unpaired) electrons. The maximum atomic E-state index is 6.41. The zero-order valence-corrected chi connectivity index (χ0v) is 15.6. The fraction of sp³-hybridized carbons (Fsp3) is 0.588. The molecule has 1 saturated carbocycles. The fourth-order valence-electron chi connectivity index (χ4n) is 3.57. The molecule has 3 rings (SSSR count). The van der Waals surface area contributed by atoms with Crippen LogP contribution < -0.4 is 0 Å². The maximum Gasteiger partial charge on any atom is 0.127 e. The number of fused-ring (bicyclic) bond motifs is 1. The van der Waals surface area contributed by atoms with E-state index in [2.05, 4.69) is 52.3 Å². The molecule has 1 unspecified atom stereocenters. The number of alkyl halides is 1. The smallest absolute Gasteiger partial charge is 0.127 e. The van der Waals surface area contributed by atoms with Crippen molar-refractivity contribution in [1.29, 1.82) is 0 Å². The normalized spacial score (nSPS) is 24.4. The van der Waals surface area contributed by atoms with Crippen LogP contribution in [0.2, 0.25) is 0 Å². The first kappa shape index (κ1) is 15.6. The predicted molar refractivity (Wildman–Crippen MR) is 98.0 cm³/mol. The van der Waals surface area contributed by atoms with Gasteiger partial charge in [-0.3, -0.25) is 0 Å². The molecule has 1 aromatic carbocycles. The van der Waals surface area contributed by atoms with E-state index in [-0.39, 0.29) is 5.38 Å². The van der Waals surface area contributed by atoms with Crippen LogP contribution in [0.3, 0.4) is 0 Å². The average molecular weight is 417 g/mol. The van der Waals surface area contributed by atoms with Gasteiger partial charge in [-0.05, 0) is 79.3 Å². The standard InChI is InChI=1S/C17H22ClIN2/c1-3-12-4-7-14(8-5-12)21-16-9-6-13(19)10-15(16)20-17(21)11(2)18/h6,9-12,14H,3-5,7-8H2,1-2H3. The first-order valence-electron chi connectivity index (χ1n) is 7.91. The zero-order chi connectivity index (χ0) is 15.0. The van der Waals surface area contributed by atoms with Gasteiger partial charge in [-0.25, -0.2) is 4.98 Å². The minimum Gasteiger partial charge on any atom is -0.324 e. The van der Waals surface area contributed by atoms with Crippen LogP contribution in [0.15, 0.2) is 18.2 Å². The Hall–Kier alpha value is -0.290. The van der Waals surface area contributed by atoms with Gasteiger partial charge in [0, 0.05) is 9.61 Å². The Bertz CT molecular complexity index is 627. The van der Waals surface area contributed by atoms with Crippen LogP contribution in [0.4, 0.5) is 0 Å². The quantitative estimate of drug-likeness (QED) is 0.438. The van der Waals surface area contributed by atoms with Crippen LogP contribution >= 0.6 is 34.2 Å². The molecule has 2 aromatic rings. The van der Waals surface area contributed by atoms with E-state index in [4.69, 9.17) is 16.6 Å². The summed E-state index contributed by atoms with van der Waals surface area (Å²) in [6.45, 7) is 4.34. The second-order valence-corrected chi connectivity index (χ2v) is 8.07. The number of aromatic nitrogens is 2. The minimum atomic E-state index is -0.0426. The van der Waals surface area contributed by atoms with Crippen molar-refractivity contribution < 1.29 is 0 Å². The lowest BCUT2D eigenvalue weighted by Crippen LogP contribution is -2.19. The predicted octanol–water partition coefficient (Wildman–Crippen LogP) is 6.08. The van der Waals surface area contributed by atoms with Crippen molar-refractivity contribution in [2.75, 3.05) is 0 Å². The second-order valence-electron chi connectivity index (χ2n) is 6.17. The van der Waals surface area contributed by atoms with Gasteiger partial charge in [0.05, 0.1) is 16.4 Å². The summed E-state index contributed by atoms with van der Waals surface area (Å²) in [7, 11) is 0. The van der Waals surface area contributed by atoms with Crippen LogP contribution in [-0.4, -0.2) is 9.55 Å². The van der Waals surface area contributed by atoms with Gasteiger partial charge in [0.25, 0.3) is 0 Å². The van der Waals surface area contributed by atoms with Gasteiger partial charge in [-0.1, -0.05) is 13.3 Å². The molecule has 1 heterocycles. The molecule has 0 N–H and O–H groups in total. The van der Waals surface area contributed by atoms with Crippen molar-refractivity contribution in [1.82, 2.24) is 9.55 Å². The van der Waals surface area contributed by atoms with Crippen molar-refractivity contribution >= 4 is 45.2 Å². The van der Waals surface area contributed by atoms with Gasteiger partial charge >= 0.3 is 0 Å². The summed E-state index contributed by atoms with van der Waals surface area (Å²) in [4.78, 5) is 4.81. The first-order valence-corrected chi connectivity index (χ1v) is 9.43. The van der Waals surface area contributed by atoms with Crippen LogP contribution in [-0.2, 0) is 0 Å². The highest BCUT2D eigenvalue weighted by molar-refractivity contribution is 14.1.